The van der Waals surface area contributed by atoms with E-state index in [9.17, 15) is 14.3 Å². The fourth-order valence-electron chi connectivity index (χ4n) is 2.67. The molecule has 0 fully saturated rings. The first-order valence-electron chi connectivity index (χ1n) is 6.43. The number of fused-ring (bicyclic) bond motifs is 1. The molecule has 0 spiro atoms. The Bertz CT molecular complexity index is 638. The van der Waals surface area contributed by atoms with Crippen molar-refractivity contribution in [3.8, 4) is 0 Å². The van der Waals surface area contributed by atoms with E-state index in [-0.39, 0.29) is 12.4 Å². The molecule has 4 nitrogen and oxygen atoms in total. The van der Waals surface area contributed by atoms with Crippen molar-refractivity contribution in [1.82, 2.24) is 4.90 Å². The normalized spacial score (nSPS) is 18.8. The molecular weight excluding hydrogens is 261 g/mol. The molecule has 1 aromatic carbocycles. The molecule has 20 heavy (non-hydrogen) atoms. The van der Waals surface area contributed by atoms with Crippen molar-refractivity contribution >= 4 is 5.97 Å². The zero-order chi connectivity index (χ0) is 14.1. The Hall–Kier alpha value is -2.14. The second-order valence-corrected chi connectivity index (χ2v) is 4.85. The first-order valence-corrected chi connectivity index (χ1v) is 6.43. The summed E-state index contributed by atoms with van der Waals surface area (Å²) in [6, 6.07) is 7.34. The summed E-state index contributed by atoms with van der Waals surface area (Å²) in [4.78, 5) is 13.3. The van der Waals surface area contributed by atoms with Gasteiger partial charge >= 0.3 is 5.97 Å². The van der Waals surface area contributed by atoms with Crippen LogP contribution in [0.25, 0.3) is 0 Å². The Kier molecular flexibility index (Phi) is 3.28. The molecule has 1 aliphatic rings. The average Bonchev–Trinajstić information content (AvgIpc) is 2.88. The summed E-state index contributed by atoms with van der Waals surface area (Å²) >= 11 is 0. The minimum absolute atomic E-state index is 0.272. The average molecular weight is 275 g/mol. The molecule has 1 aliphatic heterocycles. The number of carbonyl (C=O) groups is 1. The molecule has 0 saturated carbocycles. The van der Waals surface area contributed by atoms with Gasteiger partial charge in [-0.3, -0.25) is 9.69 Å². The van der Waals surface area contributed by atoms with Gasteiger partial charge in [0.1, 0.15) is 17.6 Å². The Morgan fingerprint density at radius 3 is 2.95 bits per heavy atom. The lowest BCUT2D eigenvalue weighted by atomic mass is 9.98. The standard InChI is InChI=1S/C15H14FNO3/c16-12-4-2-1-3-10(12)9-17-7-5-13-11(6-8-20-13)14(17)15(18)19/h1-4,6,8,14H,5,7,9H2,(H,18,19)/t14-/m1/s1. The van der Waals surface area contributed by atoms with Crippen LogP contribution in [0.15, 0.2) is 41.0 Å². The van der Waals surface area contributed by atoms with Crippen LogP contribution in [0.2, 0.25) is 0 Å². The monoisotopic (exact) mass is 275 g/mol. The molecule has 0 saturated heterocycles. The van der Waals surface area contributed by atoms with Gasteiger partial charge in [-0.2, -0.15) is 0 Å². The molecule has 0 unspecified atom stereocenters. The van der Waals surface area contributed by atoms with Crippen LogP contribution in [0.1, 0.15) is 22.9 Å². The highest BCUT2D eigenvalue weighted by molar-refractivity contribution is 5.76. The highest BCUT2D eigenvalue weighted by atomic mass is 19.1. The molecular formula is C15H14FNO3. The molecule has 0 amide bonds. The summed E-state index contributed by atoms with van der Waals surface area (Å²) in [7, 11) is 0. The Morgan fingerprint density at radius 1 is 1.40 bits per heavy atom. The van der Waals surface area contributed by atoms with Crippen LogP contribution < -0.4 is 0 Å². The van der Waals surface area contributed by atoms with Gasteiger partial charge in [-0.05, 0) is 12.1 Å². The van der Waals surface area contributed by atoms with E-state index in [0.29, 0.717) is 29.9 Å². The molecule has 5 heteroatoms. The molecule has 0 bridgehead atoms. The van der Waals surface area contributed by atoms with E-state index >= 15 is 0 Å². The van der Waals surface area contributed by atoms with Gasteiger partial charge in [0, 0.05) is 30.6 Å². The number of hydrogen-bond donors (Lipinski definition) is 1. The van der Waals surface area contributed by atoms with E-state index < -0.39 is 12.0 Å². The van der Waals surface area contributed by atoms with Crippen molar-refractivity contribution in [2.75, 3.05) is 6.54 Å². The van der Waals surface area contributed by atoms with Gasteiger partial charge in [-0.25, -0.2) is 4.39 Å². The van der Waals surface area contributed by atoms with E-state index in [1.54, 1.807) is 29.2 Å². The number of benzene rings is 1. The van der Waals surface area contributed by atoms with Crippen LogP contribution in [-0.4, -0.2) is 22.5 Å². The van der Waals surface area contributed by atoms with E-state index in [1.165, 1.54) is 12.3 Å². The van der Waals surface area contributed by atoms with Crippen LogP contribution in [0.4, 0.5) is 4.39 Å². The molecule has 1 atom stereocenters. The third kappa shape index (κ3) is 2.20. The largest absolute Gasteiger partial charge is 0.480 e. The van der Waals surface area contributed by atoms with E-state index in [2.05, 4.69) is 0 Å². The highest BCUT2D eigenvalue weighted by Gasteiger charge is 2.34. The Labute approximate surface area is 115 Å². The van der Waals surface area contributed by atoms with Gasteiger partial charge < -0.3 is 9.52 Å². The summed E-state index contributed by atoms with van der Waals surface area (Å²) in [6.45, 7) is 0.806. The number of rotatable bonds is 3. The first-order chi connectivity index (χ1) is 9.66. The van der Waals surface area contributed by atoms with Crippen molar-refractivity contribution in [3.05, 3.63) is 59.3 Å². The number of aliphatic carboxylic acids is 1. The molecule has 3 rings (SSSR count). The maximum absolute atomic E-state index is 13.7. The van der Waals surface area contributed by atoms with Crippen LogP contribution in [-0.2, 0) is 17.8 Å². The lowest BCUT2D eigenvalue weighted by Crippen LogP contribution is -2.38. The van der Waals surface area contributed by atoms with Gasteiger partial charge in [0.2, 0.25) is 0 Å². The van der Waals surface area contributed by atoms with Crippen molar-refractivity contribution in [2.45, 2.75) is 19.0 Å². The molecule has 0 aliphatic carbocycles. The highest BCUT2D eigenvalue weighted by Crippen LogP contribution is 2.32. The molecule has 0 radical (unpaired) electrons. The molecule has 1 N–H and O–H groups in total. The molecule has 104 valence electrons. The summed E-state index contributed by atoms with van der Waals surface area (Å²) < 4.78 is 19.0. The van der Waals surface area contributed by atoms with Crippen molar-refractivity contribution in [1.29, 1.82) is 0 Å². The number of hydrogen-bond acceptors (Lipinski definition) is 3. The van der Waals surface area contributed by atoms with E-state index in [0.717, 1.165) is 0 Å². The van der Waals surface area contributed by atoms with Crippen molar-refractivity contribution in [3.63, 3.8) is 0 Å². The predicted molar refractivity (Wildman–Crippen MR) is 69.6 cm³/mol. The lowest BCUT2D eigenvalue weighted by molar-refractivity contribution is -0.144. The fourth-order valence-corrected chi connectivity index (χ4v) is 2.67. The van der Waals surface area contributed by atoms with E-state index in [4.69, 9.17) is 4.42 Å². The zero-order valence-corrected chi connectivity index (χ0v) is 10.8. The molecule has 2 heterocycles. The fraction of sp³-hybridized carbons (Fsp3) is 0.267. The smallest absolute Gasteiger partial charge is 0.325 e. The molecule has 1 aromatic heterocycles. The summed E-state index contributed by atoms with van der Waals surface area (Å²) in [5, 5.41) is 9.44. The molecule has 2 aromatic rings. The second kappa shape index (κ2) is 5.09. The zero-order valence-electron chi connectivity index (χ0n) is 10.8. The van der Waals surface area contributed by atoms with Crippen molar-refractivity contribution < 1.29 is 18.7 Å². The van der Waals surface area contributed by atoms with Gasteiger partial charge in [0.05, 0.1) is 6.26 Å². The van der Waals surface area contributed by atoms with Crippen LogP contribution in [0.5, 0.6) is 0 Å². The van der Waals surface area contributed by atoms with Crippen LogP contribution in [0.3, 0.4) is 0 Å². The lowest BCUT2D eigenvalue weighted by Gasteiger charge is -2.32. The van der Waals surface area contributed by atoms with Crippen LogP contribution >= 0.6 is 0 Å². The number of furan rings is 1. The van der Waals surface area contributed by atoms with Gasteiger partial charge in [-0.15, -0.1) is 0 Å². The maximum atomic E-state index is 13.7. The van der Waals surface area contributed by atoms with Crippen LogP contribution in [0, 0.1) is 5.82 Å². The number of halogens is 1. The Balaban J connectivity index is 1.90. The first kappa shape index (κ1) is 12.9. The number of nitrogens with zero attached hydrogens (tertiary/aromatic N) is 1. The van der Waals surface area contributed by atoms with Gasteiger partial charge in [0.15, 0.2) is 0 Å². The van der Waals surface area contributed by atoms with Crippen molar-refractivity contribution in [2.24, 2.45) is 0 Å². The number of carboxylic acids is 1. The summed E-state index contributed by atoms with van der Waals surface area (Å²) in [6.07, 6.45) is 2.15. The van der Waals surface area contributed by atoms with E-state index in [1.807, 2.05) is 0 Å². The Morgan fingerprint density at radius 2 is 2.20 bits per heavy atom. The predicted octanol–water partition coefficient (Wildman–Crippen LogP) is 2.60. The topological polar surface area (TPSA) is 53.7 Å². The third-order valence-electron chi connectivity index (χ3n) is 3.63. The SMILES string of the molecule is O=C(O)[C@H]1c2ccoc2CCN1Cc1ccccc1F. The third-order valence-corrected chi connectivity index (χ3v) is 3.63. The minimum atomic E-state index is -0.941. The van der Waals surface area contributed by atoms with Gasteiger partial charge in [0.25, 0.3) is 0 Å². The summed E-state index contributed by atoms with van der Waals surface area (Å²) in [5.74, 6) is -0.541. The number of carboxylic acid groups (broad SMARTS) is 1. The second-order valence-electron chi connectivity index (χ2n) is 4.85. The maximum Gasteiger partial charge on any atom is 0.325 e. The minimum Gasteiger partial charge on any atom is -0.480 e. The van der Waals surface area contributed by atoms with Gasteiger partial charge in [-0.1, -0.05) is 18.2 Å². The summed E-state index contributed by atoms with van der Waals surface area (Å²) in [5.41, 5.74) is 1.17. The quantitative estimate of drug-likeness (QED) is 0.935.